The van der Waals surface area contributed by atoms with Gasteiger partial charge < -0.3 is 14.6 Å². The second-order valence-corrected chi connectivity index (χ2v) is 6.18. The summed E-state index contributed by atoms with van der Waals surface area (Å²) in [5.41, 5.74) is 1.08. The van der Waals surface area contributed by atoms with Crippen molar-refractivity contribution in [3.05, 3.63) is 30.6 Å². The number of fused-ring (bicyclic) bond motifs is 1. The summed E-state index contributed by atoms with van der Waals surface area (Å²) < 4.78 is 1.90. The minimum Gasteiger partial charge on any atom is -0.388 e. The van der Waals surface area contributed by atoms with Crippen molar-refractivity contribution in [2.24, 2.45) is 0 Å². The lowest BCUT2D eigenvalue weighted by Crippen LogP contribution is -2.50. The van der Waals surface area contributed by atoms with Gasteiger partial charge in [0.15, 0.2) is 0 Å². The minimum atomic E-state index is -0.773. The summed E-state index contributed by atoms with van der Waals surface area (Å²) >= 11 is 0. The number of benzene rings is 1. The highest BCUT2D eigenvalue weighted by atomic mass is 16.3. The molecule has 112 valence electrons. The lowest BCUT2D eigenvalue weighted by atomic mass is 9.95. The molecule has 1 amide bonds. The van der Waals surface area contributed by atoms with E-state index in [0.29, 0.717) is 13.1 Å². The Hall–Kier alpha value is -1.88. The number of carbonyl (C=O) groups is 1. The van der Waals surface area contributed by atoms with Crippen LogP contribution in [-0.4, -0.2) is 44.2 Å². The van der Waals surface area contributed by atoms with Gasteiger partial charge >= 0.3 is 0 Å². The highest BCUT2D eigenvalue weighted by Crippen LogP contribution is 2.24. The van der Waals surface area contributed by atoms with E-state index in [9.17, 15) is 9.90 Å². The zero-order chi connectivity index (χ0) is 15.0. The van der Waals surface area contributed by atoms with E-state index in [1.807, 2.05) is 35.8 Å². The third kappa shape index (κ3) is 2.65. The van der Waals surface area contributed by atoms with Gasteiger partial charge in [-0.1, -0.05) is 12.1 Å². The molecule has 5 nitrogen and oxygen atoms in total. The molecule has 1 aromatic heterocycles. The summed E-state index contributed by atoms with van der Waals surface area (Å²) in [5, 5.41) is 10.2. The maximum Gasteiger partial charge on any atom is 0.245 e. The number of imidazole rings is 1. The van der Waals surface area contributed by atoms with E-state index in [4.69, 9.17) is 0 Å². The van der Waals surface area contributed by atoms with Crippen molar-refractivity contribution in [1.29, 1.82) is 0 Å². The molecule has 2 unspecified atom stereocenters. The first-order chi connectivity index (χ1) is 9.98. The first-order valence-corrected chi connectivity index (χ1v) is 7.41. The molecule has 0 radical (unpaired) electrons. The largest absolute Gasteiger partial charge is 0.388 e. The lowest BCUT2D eigenvalue weighted by Gasteiger charge is -2.38. The van der Waals surface area contributed by atoms with Gasteiger partial charge in [-0.05, 0) is 38.8 Å². The molecule has 1 aromatic carbocycles. The Labute approximate surface area is 124 Å². The molecule has 1 aliphatic rings. The number of rotatable bonds is 2. The highest BCUT2D eigenvalue weighted by Gasteiger charge is 2.33. The van der Waals surface area contributed by atoms with Gasteiger partial charge in [0.1, 0.15) is 6.04 Å². The third-order valence-electron chi connectivity index (χ3n) is 4.24. The highest BCUT2D eigenvalue weighted by molar-refractivity contribution is 5.83. The molecular formula is C16H21N3O2. The molecule has 3 rings (SSSR count). The number of β-amino-alcohol motifs (C(OH)–C–C–N with tert-alkyl or cyclic N) is 1. The molecule has 2 aromatic rings. The average molecular weight is 287 g/mol. The van der Waals surface area contributed by atoms with Gasteiger partial charge in [0.2, 0.25) is 5.91 Å². The number of aliphatic hydroxyl groups is 1. The maximum atomic E-state index is 12.7. The third-order valence-corrected chi connectivity index (χ3v) is 4.24. The fraction of sp³-hybridized carbons (Fsp3) is 0.500. The van der Waals surface area contributed by atoms with Gasteiger partial charge in [0.25, 0.3) is 0 Å². The van der Waals surface area contributed by atoms with Crippen molar-refractivity contribution in [3.8, 4) is 0 Å². The number of aromatic nitrogens is 2. The van der Waals surface area contributed by atoms with Crippen LogP contribution in [0.3, 0.4) is 0 Å². The van der Waals surface area contributed by atoms with Crippen LogP contribution < -0.4 is 0 Å². The minimum absolute atomic E-state index is 0.0399. The second-order valence-electron chi connectivity index (χ2n) is 6.18. The molecule has 21 heavy (non-hydrogen) atoms. The standard InChI is InChI=1S/C16H21N3O2/c1-12(15(20)18-9-5-8-16(2,21)10-18)19-11-17-13-6-3-4-7-14(13)19/h3-4,6-7,11-12,21H,5,8-10H2,1-2H3. The van der Waals surface area contributed by atoms with E-state index in [-0.39, 0.29) is 11.9 Å². The lowest BCUT2D eigenvalue weighted by molar-refractivity contribution is -0.140. The van der Waals surface area contributed by atoms with Gasteiger partial charge in [0.05, 0.1) is 23.0 Å². The molecule has 0 aliphatic carbocycles. The van der Waals surface area contributed by atoms with Crippen molar-refractivity contribution >= 4 is 16.9 Å². The van der Waals surface area contributed by atoms with Gasteiger partial charge in [-0.3, -0.25) is 4.79 Å². The molecule has 0 spiro atoms. The van der Waals surface area contributed by atoms with Crippen molar-refractivity contribution < 1.29 is 9.90 Å². The fourth-order valence-corrected chi connectivity index (χ4v) is 3.08. The molecule has 5 heteroatoms. The topological polar surface area (TPSA) is 58.4 Å². The van der Waals surface area contributed by atoms with Crippen LogP contribution in [0.5, 0.6) is 0 Å². The van der Waals surface area contributed by atoms with Crippen molar-refractivity contribution in [2.45, 2.75) is 38.3 Å². The van der Waals surface area contributed by atoms with Gasteiger partial charge in [-0.25, -0.2) is 4.98 Å². The van der Waals surface area contributed by atoms with Crippen LogP contribution in [0.15, 0.2) is 30.6 Å². The number of likely N-dealkylation sites (tertiary alicyclic amines) is 1. The summed E-state index contributed by atoms with van der Waals surface area (Å²) in [4.78, 5) is 18.8. The monoisotopic (exact) mass is 287 g/mol. The Balaban J connectivity index is 1.84. The summed E-state index contributed by atoms with van der Waals surface area (Å²) in [6.07, 6.45) is 3.31. The number of hydrogen-bond acceptors (Lipinski definition) is 3. The zero-order valence-electron chi connectivity index (χ0n) is 12.5. The van der Waals surface area contributed by atoms with Crippen LogP contribution in [0.4, 0.5) is 0 Å². The normalized spacial score (nSPS) is 24.2. The summed E-state index contributed by atoms with van der Waals surface area (Å²) in [5.74, 6) is 0.0399. The molecule has 2 heterocycles. The molecular weight excluding hydrogens is 266 g/mol. The fourth-order valence-electron chi connectivity index (χ4n) is 3.08. The van der Waals surface area contributed by atoms with Crippen molar-refractivity contribution in [3.63, 3.8) is 0 Å². The summed E-state index contributed by atoms with van der Waals surface area (Å²) in [7, 11) is 0. The van der Waals surface area contributed by atoms with Gasteiger partial charge in [-0.15, -0.1) is 0 Å². The SMILES string of the molecule is CC(C(=O)N1CCCC(C)(O)C1)n1cnc2ccccc21. The van der Waals surface area contributed by atoms with E-state index in [1.165, 1.54) is 0 Å². The molecule has 1 aliphatic heterocycles. The van der Waals surface area contributed by atoms with Crippen LogP contribution in [0, 0.1) is 0 Å². The summed E-state index contributed by atoms with van der Waals surface area (Å²) in [6, 6.07) is 7.48. The summed E-state index contributed by atoms with van der Waals surface area (Å²) in [6.45, 7) is 4.80. The number of para-hydroxylation sites is 2. The number of piperidine rings is 1. The molecule has 0 bridgehead atoms. The number of hydrogen-bond donors (Lipinski definition) is 1. The van der Waals surface area contributed by atoms with E-state index < -0.39 is 5.60 Å². The number of amides is 1. The molecule has 0 saturated carbocycles. The zero-order valence-corrected chi connectivity index (χ0v) is 12.5. The molecule has 1 fully saturated rings. The Morgan fingerprint density at radius 3 is 2.95 bits per heavy atom. The predicted molar refractivity (Wildman–Crippen MR) is 80.9 cm³/mol. The number of nitrogens with zero attached hydrogens (tertiary/aromatic N) is 3. The maximum absolute atomic E-state index is 12.7. The van der Waals surface area contributed by atoms with E-state index in [0.717, 1.165) is 23.9 Å². The Morgan fingerprint density at radius 2 is 2.19 bits per heavy atom. The predicted octanol–water partition coefficient (Wildman–Crippen LogP) is 1.97. The molecule has 1 saturated heterocycles. The Bertz CT molecular complexity index is 662. The van der Waals surface area contributed by atoms with Crippen LogP contribution in [0.1, 0.15) is 32.7 Å². The van der Waals surface area contributed by atoms with E-state index in [2.05, 4.69) is 4.98 Å². The van der Waals surface area contributed by atoms with Crippen molar-refractivity contribution in [1.82, 2.24) is 14.5 Å². The Morgan fingerprint density at radius 1 is 1.43 bits per heavy atom. The Kier molecular flexibility index (Phi) is 3.45. The smallest absolute Gasteiger partial charge is 0.245 e. The van der Waals surface area contributed by atoms with Crippen LogP contribution in [0.25, 0.3) is 11.0 Å². The first-order valence-electron chi connectivity index (χ1n) is 7.41. The quantitative estimate of drug-likeness (QED) is 0.918. The van der Waals surface area contributed by atoms with Gasteiger partial charge in [-0.2, -0.15) is 0 Å². The van der Waals surface area contributed by atoms with E-state index >= 15 is 0 Å². The second kappa shape index (κ2) is 5.15. The van der Waals surface area contributed by atoms with Gasteiger partial charge in [0, 0.05) is 13.1 Å². The average Bonchev–Trinajstić information content (AvgIpc) is 2.88. The van der Waals surface area contributed by atoms with Crippen LogP contribution >= 0.6 is 0 Å². The first kappa shape index (κ1) is 14.1. The van der Waals surface area contributed by atoms with Crippen LogP contribution in [-0.2, 0) is 4.79 Å². The number of carbonyl (C=O) groups excluding carboxylic acids is 1. The van der Waals surface area contributed by atoms with Crippen molar-refractivity contribution in [2.75, 3.05) is 13.1 Å². The molecule has 2 atom stereocenters. The molecule has 1 N–H and O–H groups in total. The van der Waals surface area contributed by atoms with E-state index in [1.54, 1.807) is 18.2 Å². The van der Waals surface area contributed by atoms with Crippen LogP contribution in [0.2, 0.25) is 0 Å².